The van der Waals surface area contributed by atoms with E-state index < -0.39 is 0 Å². The van der Waals surface area contributed by atoms with Crippen LogP contribution in [0.5, 0.6) is 0 Å². The number of hydrogen-bond acceptors (Lipinski definition) is 3. The lowest BCUT2D eigenvalue weighted by Crippen LogP contribution is -2.18. The van der Waals surface area contributed by atoms with Gasteiger partial charge in [-0.25, -0.2) is 0 Å². The van der Waals surface area contributed by atoms with E-state index in [2.05, 4.69) is 13.2 Å². The Bertz CT molecular complexity index is 114. The van der Waals surface area contributed by atoms with Gasteiger partial charge in [0.1, 0.15) is 6.10 Å². The standard InChI is InChI=1S/C5H9NO2.C2H4/c6-3-4-1-2-5(7)8-4;1-2/h4H,1-3,6H2;1-2H2. The number of carbonyl (C=O) groups is 1. The molecule has 0 aromatic heterocycles. The lowest BCUT2D eigenvalue weighted by molar-refractivity contribution is -0.141. The Morgan fingerprint density at radius 3 is 2.50 bits per heavy atom. The Labute approximate surface area is 60.9 Å². The van der Waals surface area contributed by atoms with Gasteiger partial charge in [0, 0.05) is 13.0 Å². The van der Waals surface area contributed by atoms with Crippen molar-refractivity contribution in [2.45, 2.75) is 18.9 Å². The average molecular weight is 143 g/mol. The SMILES string of the molecule is C=C.NCC1CCC(=O)O1. The number of nitrogens with two attached hydrogens (primary N) is 1. The molecule has 1 atom stereocenters. The van der Waals surface area contributed by atoms with Crippen molar-refractivity contribution < 1.29 is 9.53 Å². The van der Waals surface area contributed by atoms with Gasteiger partial charge in [0.15, 0.2) is 0 Å². The molecule has 10 heavy (non-hydrogen) atoms. The van der Waals surface area contributed by atoms with Crippen molar-refractivity contribution in [3.63, 3.8) is 0 Å². The molecule has 1 saturated heterocycles. The summed E-state index contributed by atoms with van der Waals surface area (Å²) in [7, 11) is 0. The van der Waals surface area contributed by atoms with Crippen LogP contribution in [-0.4, -0.2) is 18.6 Å². The van der Waals surface area contributed by atoms with Gasteiger partial charge in [-0.05, 0) is 6.42 Å². The summed E-state index contributed by atoms with van der Waals surface area (Å²) in [5.74, 6) is -0.111. The summed E-state index contributed by atoms with van der Waals surface area (Å²) in [6.07, 6.45) is 1.35. The maximum Gasteiger partial charge on any atom is 0.306 e. The molecule has 0 radical (unpaired) electrons. The minimum Gasteiger partial charge on any atom is -0.461 e. The van der Waals surface area contributed by atoms with Gasteiger partial charge in [-0.15, -0.1) is 13.2 Å². The molecule has 0 aromatic rings. The van der Waals surface area contributed by atoms with Gasteiger partial charge in [0.2, 0.25) is 0 Å². The maximum absolute atomic E-state index is 10.3. The van der Waals surface area contributed by atoms with E-state index in [-0.39, 0.29) is 12.1 Å². The number of esters is 1. The van der Waals surface area contributed by atoms with Crippen LogP contribution in [0, 0.1) is 0 Å². The predicted octanol–water partition coefficient (Wildman–Crippen LogP) is 0.453. The molecule has 1 fully saturated rings. The Balaban J connectivity index is 0.000000371. The summed E-state index contributed by atoms with van der Waals surface area (Å²) < 4.78 is 4.75. The molecule has 1 unspecified atom stereocenters. The van der Waals surface area contributed by atoms with Crippen LogP contribution in [0.4, 0.5) is 0 Å². The Morgan fingerprint density at radius 1 is 1.70 bits per heavy atom. The lowest BCUT2D eigenvalue weighted by atomic mass is 10.2. The van der Waals surface area contributed by atoms with E-state index in [1.165, 1.54) is 0 Å². The highest BCUT2D eigenvalue weighted by atomic mass is 16.5. The molecular weight excluding hydrogens is 130 g/mol. The van der Waals surface area contributed by atoms with Crippen LogP contribution in [0.25, 0.3) is 0 Å². The number of rotatable bonds is 1. The summed E-state index contributed by atoms with van der Waals surface area (Å²) >= 11 is 0. The highest BCUT2D eigenvalue weighted by Crippen LogP contribution is 2.11. The molecule has 3 heteroatoms. The zero-order chi connectivity index (χ0) is 7.98. The smallest absolute Gasteiger partial charge is 0.306 e. The van der Waals surface area contributed by atoms with Crippen molar-refractivity contribution in [1.29, 1.82) is 0 Å². The molecular formula is C7H13NO2. The van der Waals surface area contributed by atoms with Crippen LogP contribution in [0.1, 0.15) is 12.8 Å². The van der Waals surface area contributed by atoms with E-state index in [0.717, 1.165) is 6.42 Å². The van der Waals surface area contributed by atoms with E-state index in [4.69, 9.17) is 10.5 Å². The highest BCUT2D eigenvalue weighted by Gasteiger charge is 2.20. The largest absolute Gasteiger partial charge is 0.461 e. The summed E-state index contributed by atoms with van der Waals surface area (Å²) in [5.41, 5.74) is 5.22. The molecule has 1 aliphatic heterocycles. The third-order valence-corrected chi connectivity index (χ3v) is 1.23. The zero-order valence-electron chi connectivity index (χ0n) is 6.01. The van der Waals surface area contributed by atoms with Crippen LogP contribution in [0.2, 0.25) is 0 Å². The molecule has 0 amide bonds. The first kappa shape index (κ1) is 9.17. The molecule has 1 heterocycles. The van der Waals surface area contributed by atoms with Gasteiger partial charge in [0.25, 0.3) is 0 Å². The van der Waals surface area contributed by atoms with Crippen LogP contribution in [0.15, 0.2) is 13.2 Å². The Morgan fingerprint density at radius 2 is 2.30 bits per heavy atom. The third-order valence-electron chi connectivity index (χ3n) is 1.23. The molecule has 1 aliphatic rings. The Hall–Kier alpha value is -0.830. The fraction of sp³-hybridized carbons (Fsp3) is 0.571. The minimum absolute atomic E-state index is 0.00231. The highest BCUT2D eigenvalue weighted by molar-refractivity contribution is 5.71. The number of ether oxygens (including phenoxy) is 1. The molecule has 0 aliphatic carbocycles. The van der Waals surface area contributed by atoms with Crippen molar-refractivity contribution in [3.8, 4) is 0 Å². The topological polar surface area (TPSA) is 52.3 Å². The maximum atomic E-state index is 10.3. The molecule has 0 aromatic carbocycles. The molecule has 2 N–H and O–H groups in total. The van der Waals surface area contributed by atoms with Crippen molar-refractivity contribution in [2.24, 2.45) is 5.73 Å². The molecule has 0 spiro atoms. The third kappa shape index (κ3) is 2.64. The summed E-state index contributed by atoms with van der Waals surface area (Å²) in [6, 6.07) is 0. The fourth-order valence-corrected chi connectivity index (χ4v) is 0.749. The van der Waals surface area contributed by atoms with Crippen molar-refractivity contribution in [1.82, 2.24) is 0 Å². The second-order valence-electron chi connectivity index (χ2n) is 1.89. The number of hydrogen-bond donors (Lipinski definition) is 1. The van der Waals surface area contributed by atoms with Gasteiger partial charge in [-0.1, -0.05) is 0 Å². The minimum atomic E-state index is -0.111. The van der Waals surface area contributed by atoms with Crippen LogP contribution < -0.4 is 5.73 Å². The van der Waals surface area contributed by atoms with Gasteiger partial charge >= 0.3 is 5.97 Å². The van der Waals surface area contributed by atoms with E-state index >= 15 is 0 Å². The van der Waals surface area contributed by atoms with Gasteiger partial charge in [-0.3, -0.25) is 4.79 Å². The monoisotopic (exact) mass is 143 g/mol. The van der Waals surface area contributed by atoms with Crippen LogP contribution in [-0.2, 0) is 9.53 Å². The molecule has 0 saturated carbocycles. The average Bonchev–Trinajstić information content (AvgIpc) is 2.40. The number of cyclic esters (lactones) is 1. The molecule has 3 nitrogen and oxygen atoms in total. The molecule has 0 bridgehead atoms. The van der Waals surface area contributed by atoms with Crippen molar-refractivity contribution in [3.05, 3.63) is 13.2 Å². The summed E-state index contributed by atoms with van der Waals surface area (Å²) in [6.45, 7) is 6.46. The first-order valence-electron chi connectivity index (χ1n) is 3.22. The second-order valence-corrected chi connectivity index (χ2v) is 1.89. The van der Waals surface area contributed by atoms with Gasteiger partial charge < -0.3 is 10.5 Å². The fourth-order valence-electron chi connectivity index (χ4n) is 0.749. The molecule has 58 valence electrons. The van der Waals surface area contributed by atoms with E-state index in [1.807, 2.05) is 0 Å². The van der Waals surface area contributed by atoms with E-state index in [1.54, 1.807) is 0 Å². The summed E-state index contributed by atoms with van der Waals surface area (Å²) in [4.78, 5) is 10.3. The molecule has 1 rings (SSSR count). The Kier molecular flexibility index (Phi) is 4.58. The van der Waals surface area contributed by atoms with Crippen molar-refractivity contribution >= 4 is 5.97 Å². The first-order chi connectivity index (χ1) is 4.83. The first-order valence-corrected chi connectivity index (χ1v) is 3.22. The quantitative estimate of drug-likeness (QED) is 0.428. The lowest BCUT2D eigenvalue weighted by Gasteiger charge is -2.01. The second kappa shape index (κ2) is 4.99. The van der Waals surface area contributed by atoms with E-state index in [9.17, 15) is 4.79 Å². The number of carbonyl (C=O) groups excluding carboxylic acids is 1. The summed E-state index contributed by atoms with van der Waals surface area (Å²) in [5, 5.41) is 0. The normalized spacial score (nSPS) is 22.9. The van der Waals surface area contributed by atoms with E-state index in [0.29, 0.717) is 13.0 Å². The zero-order valence-corrected chi connectivity index (χ0v) is 6.01. The van der Waals surface area contributed by atoms with Crippen LogP contribution >= 0.6 is 0 Å². The van der Waals surface area contributed by atoms with Crippen molar-refractivity contribution in [2.75, 3.05) is 6.54 Å². The van der Waals surface area contributed by atoms with Crippen LogP contribution in [0.3, 0.4) is 0 Å². The van der Waals surface area contributed by atoms with Gasteiger partial charge in [0.05, 0.1) is 0 Å². The van der Waals surface area contributed by atoms with Gasteiger partial charge in [-0.2, -0.15) is 0 Å². The predicted molar refractivity (Wildman–Crippen MR) is 39.4 cm³/mol.